The number of nitrogens with one attached hydrogen (secondary N) is 1. The van der Waals surface area contributed by atoms with Crippen molar-refractivity contribution >= 4 is 75.0 Å². The van der Waals surface area contributed by atoms with Crippen LogP contribution in [0.15, 0.2) is 15.0 Å². The molecule has 2 unspecified atom stereocenters. The van der Waals surface area contributed by atoms with Crippen LogP contribution in [0.4, 0.5) is 5.13 Å². The molecule has 2 aliphatic rings. The maximum atomic E-state index is 12.7. The van der Waals surface area contributed by atoms with Gasteiger partial charge in [0.2, 0.25) is 17.4 Å². The van der Waals surface area contributed by atoms with Crippen LogP contribution in [-0.2, 0) is 14.4 Å². The number of nitrogens with two attached hydrogens (primary N) is 1. The number of nitrogen functional groups attached to an aromatic ring is 1. The molecule has 4 rings (SSSR count). The van der Waals surface area contributed by atoms with E-state index >= 15 is 0 Å². The van der Waals surface area contributed by atoms with Crippen LogP contribution in [0.25, 0.3) is 0 Å². The van der Waals surface area contributed by atoms with E-state index in [-0.39, 0.29) is 29.0 Å². The Kier molecular flexibility index (Phi) is 6.00. The number of fused-ring (bicyclic) bond motifs is 1. The van der Waals surface area contributed by atoms with Crippen LogP contribution in [0.1, 0.15) is 5.82 Å². The first kappa shape index (κ1) is 21.7. The summed E-state index contributed by atoms with van der Waals surface area (Å²) in [5.74, 6) is -1.92. The molecule has 2 aromatic heterocycles. The van der Waals surface area contributed by atoms with Crippen molar-refractivity contribution < 1.29 is 24.7 Å². The standard InChI is InChI=1S/C14H14N8O5S4/c15-12-18-7(21-31-12)5(20-27)8(23)17-6-9(24)22-1-14(11(25)26,2-28-10(6)22)3-29-13-19-16-4-30-13/h4,6,10,27H,1-3H2,(H,17,23)(H,25,26)(H2,15,18,21)/t6?,10-,14?/m1/s1. The summed E-state index contributed by atoms with van der Waals surface area (Å²) in [6.45, 7) is 0.0160. The third-order valence-electron chi connectivity index (χ3n) is 4.67. The molecule has 164 valence electrons. The van der Waals surface area contributed by atoms with Gasteiger partial charge in [-0.25, -0.2) is 0 Å². The number of oxime groups is 1. The van der Waals surface area contributed by atoms with Crippen molar-refractivity contribution in [2.75, 3.05) is 23.8 Å². The molecule has 0 spiro atoms. The molecule has 13 nitrogen and oxygen atoms in total. The molecule has 2 fully saturated rings. The van der Waals surface area contributed by atoms with Gasteiger partial charge in [0.25, 0.3) is 5.91 Å². The van der Waals surface area contributed by atoms with E-state index in [1.807, 2.05) is 0 Å². The number of carbonyl (C=O) groups excluding carboxylic acids is 2. The number of carboxylic acids is 1. The maximum Gasteiger partial charge on any atom is 0.313 e. The fraction of sp³-hybridized carbons (Fsp3) is 0.429. The zero-order chi connectivity index (χ0) is 22.2. The van der Waals surface area contributed by atoms with Gasteiger partial charge in [-0.15, -0.1) is 22.0 Å². The van der Waals surface area contributed by atoms with Gasteiger partial charge in [-0.2, -0.15) is 9.36 Å². The average molecular weight is 503 g/mol. The van der Waals surface area contributed by atoms with Gasteiger partial charge in [-0.3, -0.25) is 14.4 Å². The van der Waals surface area contributed by atoms with E-state index in [2.05, 4.69) is 30.0 Å². The van der Waals surface area contributed by atoms with E-state index in [1.165, 1.54) is 39.8 Å². The third-order valence-corrected chi connectivity index (χ3v) is 8.95. The summed E-state index contributed by atoms with van der Waals surface area (Å²) in [7, 11) is 0. The van der Waals surface area contributed by atoms with Gasteiger partial charge in [0.1, 0.15) is 22.3 Å². The van der Waals surface area contributed by atoms with Gasteiger partial charge >= 0.3 is 5.97 Å². The molecule has 0 bridgehead atoms. The van der Waals surface area contributed by atoms with Crippen LogP contribution < -0.4 is 11.1 Å². The van der Waals surface area contributed by atoms with Crippen molar-refractivity contribution in [3.05, 3.63) is 11.3 Å². The Morgan fingerprint density at radius 1 is 1.48 bits per heavy atom. The molecule has 17 heteroatoms. The minimum atomic E-state index is -1.15. The van der Waals surface area contributed by atoms with Crippen molar-refractivity contribution in [1.29, 1.82) is 0 Å². The Bertz CT molecular complexity index is 1050. The average Bonchev–Trinajstić information content (AvgIpc) is 3.42. The first-order valence-electron chi connectivity index (χ1n) is 8.51. The molecule has 4 heterocycles. The molecular formula is C14H14N8O5S4. The number of thioether (sulfide) groups is 2. The Hall–Kier alpha value is -2.50. The number of carbonyl (C=O) groups is 3. The molecule has 0 aromatic carbocycles. The molecular weight excluding hydrogens is 488 g/mol. The van der Waals surface area contributed by atoms with Crippen molar-refractivity contribution in [2.45, 2.75) is 15.8 Å². The Balaban J connectivity index is 1.41. The van der Waals surface area contributed by atoms with Gasteiger partial charge in [0, 0.05) is 29.6 Å². The quantitative estimate of drug-likeness (QED) is 0.124. The minimum Gasteiger partial charge on any atom is -0.481 e. The zero-order valence-electron chi connectivity index (χ0n) is 15.4. The van der Waals surface area contributed by atoms with E-state index in [0.717, 1.165) is 11.5 Å². The summed E-state index contributed by atoms with van der Waals surface area (Å²) in [5, 5.41) is 31.7. The van der Waals surface area contributed by atoms with Crippen LogP contribution in [0.2, 0.25) is 0 Å². The van der Waals surface area contributed by atoms with Gasteiger partial charge < -0.3 is 26.3 Å². The van der Waals surface area contributed by atoms with E-state index in [0.29, 0.717) is 4.34 Å². The monoisotopic (exact) mass is 502 g/mol. The summed E-state index contributed by atoms with van der Waals surface area (Å²) in [5.41, 5.74) is 5.43. The fourth-order valence-corrected chi connectivity index (χ4v) is 6.85. The fourth-order valence-electron chi connectivity index (χ4n) is 3.06. The zero-order valence-corrected chi connectivity index (χ0v) is 18.6. The molecule has 0 aliphatic carbocycles. The molecule has 3 atom stereocenters. The topological polar surface area (TPSA) is 197 Å². The Morgan fingerprint density at radius 3 is 2.90 bits per heavy atom. The lowest BCUT2D eigenvalue weighted by molar-refractivity contribution is -0.157. The van der Waals surface area contributed by atoms with E-state index in [4.69, 9.17) is 10.9 Å². The SMILES string of the molecule is Nc1nc(C(=NO)C(=O)NC2C(=O)N3CC(CSc4nncs4)(C(=O)O)CS[C@H]23)ns1. The maximum absolute atomic E-state index is 12.7. The number of β-lactam (4-membered cyclic amide) rings is 1. The predicted molar refractivity (Wildman–Crippen MR) is 113 cm³/mol. The lowest BCUT2D eigenvalue weighted by Gasteiger charge is -2.53. The smallest absolute Gasteiger partial charge is 0.313 e. The molecule has 2 aliphatic heterocycles. The number of hydrogen-bond acceptors (Lipinski definition) is 14. The summed E-state index contributed by atoms with van der Waals surface area (Å²) < 4.78 is 4.47. The molecule has 0 saturated carbocycles. The number of aliphatic carboxylic acids is 1. The number of rotatable bonds is 7. The molecule has 31 heavy (non-hydrogen) atoms. The van der Waals surface area contributed by atoms with Gasteiger partial charge in [-0.1, -0.05) is 28.3 Å². The number of anilines is 1. The number of aromatic nitrogens is 4. The first-order valence-corrected chi connectivity index (χ1v) is 12.2. The number of amides is 2. The number of nitrogens with zero attached hydrogens (tertiary/aromatic N) is 6. The molecule has 5 N–H and O–H groups in total. The van der Waals surface area contributed by atoms with Crippen molar-refractivity contribution in [3.8, 4) is 0 Å². The van der Waals surface area contributed by atoms with Crippen LogP contribution >= 0.6 is 46.4 Å². The summed E-state index contributed by atoms with van der Waals surface area (Å²) in [6, 6.07) is -0.882. The highest BCUT2D eigenvalue weighted by Crippen LogP contribution is 2.44. The van der Waals surface area contributed by atoms with Crippen LogP contribution in [0.3, 0.4) is 0 Å². The minimum absolute atomic E-state index is 0.0160. The summed E-state index contributed by atoms with van der Waals surface area (Å²) in [4.78, 5) is 42.4. The second kappa shape index (κ2) is 8.56. The molecule has 2 saturated heterocycles. The van der Waals surface area contributed by atoms with Crippen LogP contribution in [-0.4, -0.2) is 87.7 Å². The highest BCUT2D eigenvalue weighted by atomic mass is 32.2. The van der Waals surface area contributed by atoms with E-state index in [1.54, 1.807) is 5.51 Å². The van der Waals surface area contributed by atoms with Crippen molar-refractivity contribution in [2.24, 2.45) is 10.6 Å². The van der Waals surface area contributed by atoms with Crippen molar-refractivity contribution in [1.82, 2.24) is 29.8 Å². The normalized spacial score (nSPS) is 25.6. The van der Waals surface area contributed by atoms with Gasteiger partial charge in [-0.05, 0) is 0 Å². The molecule has 0 radical (unpaired) electrons. The first-order chi connectivity index (χ1) is 14.8. The number of hydrogen-bond donors (Lipinski definition) is 4. The third kappa shape index (κ3) is 4.04. The molecule has 2 amide bonds. The Labute approximate surface area is 190 Å². The second-order valence-electron chi connectivity index (χ2n) is 6.60. The van der Waals surface area contributed by atoms with Crippen LogP contribution in [0, 0.1) is 5.41 Å². The van der Waals surface area contributed by atoms with E-state index < -0.39 is 40.3 Å². The highest BCUT2D eigenvalue weighted by Gasteiger charge is 2.57. The highest BCUT2D eigenvalue weighted by molar-refractivity contribution is 8.01. The predicted octanol–water partition coefficient (Wildman–Crippen LogP) is -0.587. The largest absolute Gasteiger partial charge is 0.481 e. The van der Waals surface area contributed by atoms with E-state index in [9.17, 15) is 19.5 Å². The summed E-state index contributed by atoms with van der Waals surface area (Å²) >= 11 is 4.70. The van der Waals surface area contributed by atoms with Gasteiger partial charge in [0.15, 0.2) is 9.47 Å². The molecule has 2 aromatic rings. The number of carboxylic acid groups (broad SMARTS) is 1. The lowest BCUT2D eigenvalue weighted by atomic mass is 9.89. The summed E-state index contributed by atoms with van der Waals surface area (Å²) in [6.07, 6.45) is 0. The second-order valence-corrected chi connectivity index (χ2v) is 10.5. The van der Waals surface area contributed by atoms with Crippen molar-refractivity contribution in [3.63, 3.8) is 0 Å². The van der Waals surface area contributed by atoms with Gasteiger partial charge in [0.05, 0.1) is 0 Å². The van der Waals surface area contributed by atoms with Crippen LogP contribution in [0.5, 0.6) is 0 Å². The Morgan fingerprint density at radius 2 is 2.29 bits per heavy atom. The lowest BCUT2D eigenvalue weighted by Crippen LogP contribution is -2.74.